The molecule has 0 aromatic heterocycles. The SMILES string of the molecule is C=C[C@H](COC(C)=O)OC(C)=O. The number of hydrogen-bond donors (Lipinski definition) is 0. The number of carbonyl (C=O) groups excluding carboxylic acids is 2. The van der Waals surface area contributed by atoms with E-state index in [0.29, 0.717) is 0 Å². The van der Waals surface area contributed by atoms with Gasteiger partial charge in [0.05, 0.1) is 0 Å². The first-order valence-electron chi connectivity index (χ1n) is 3.49. The number of rotatable bonds is 4. The van der Waals surface area contributed by atoms with Crippen molar-refractivity contribution in [1.82, 2.24) is 0 Å². The van der Waals surface area contributed by atoms with Gasteiger partial charge in [-0.3, -0.25) is 9.59 Å². The predicted molar refractivity (Wildman–Crippen MR) is 42.4 cm³/mol. The summed E-state index contributed by atoms with van der Waals surface area (Å²) in [5, 5.41) is 0. The summed E-state index contributed by atoms with van der Waals surface area (Å²) in [7, 11) is 0. The Hall–Kier alpha value is -1.32. The molecular formula is C8H12O4. The van der Waals surface area contributed by atoms with Gasteiger partial charge in [0.1, 0.15) is 6.61 Å². The lowest BCUT2D eigenvalue weighted by molar-refractivity contribution is -0.153. The highest BCUT2D eigenvalue weighted by molar-refractivity contribution is 5.67. The molecule has 12 heavy (non-hydrogen) atoms. The van der Waals surface area contributed by atoms with Crippen LogP contribution in [0.5, 0.6) is 0 Å². The van der Waals surface area contributed by atoms with Crippen LogP contribution in [-0.2, 0) is 19.1 Å². The Morgan fingerprint density at radius 3 is 2.33 bits per heavy atom. The van der Waals surface area contributed by atoms with Crippen LogP contribution < -0.4 is 0 Å². The summed E-state index contributed by atoms with van der Waals surface area (Å²) >= 11 is 0. The third-order valence-electron chi connectivity index (χ3n) is 1.03. The zero-order valence-electron chi connectivity index (χ0n) is 7.20. The highest BCUT2D eigenvalue weighted by Gasteiger charge is 2.08. The lowest BCUT2D eigenvalue weighted by Gasteiger charge is -2.11. The van der Waals surface area contributed by atoms with Crippen LogP contribution in [0.2, 0.25) is 0 Å². The average molecular weight is 172 g/mol. The van der Waals surface area contributed by atoms with Crippen molar-refractivity contribution in [2.24, 2.45) is 0 Å². The first-order valence-corrected chi connectivity index (χ1v) is 3.49. The van der Waals surface area contributed by atoms with Crippen molar-refractivity contribution >= 4 is 11.9 Å². The summed E-state index contributed by atoms with van der Waals surface area (Å²) in [5.74, 6) is -0.832. The Morgan fingerprint density at radius 2 is 2.00 bits per heavy atom. The second-order valence-corrected chi connectivity index (χ2v) is 2.19. The van der Waals surface area contributed by atoms with Gasteiger partial charge in [0, 0.05) is 13.8 Å². The van der Waals surface area contributed by atoms with Gasteiger partial charge in [0.2, 0.25) is 0 Å². The number of hydrogen-bond acceptors (Lipinski definition) is 4. The monoisotopic (exact) mass is 172 g/mol. The van der Waals surface area contributed by atoms with Crippen LogP contribution in [-0.4, -0.2) is 24.6 Å². The van der Waals surface area contributed by atoms with Crippen LogP contribution >= 0.6 is 0 Å². The van der Waals surface area contributed by atoms with Gasteiger partial charge in [0.15, 0.2) is 6.10 Å². The zero-order chi connectivity index (χ0) is 9.56. The van der Waals surface area contributed by atoms with Crippen molar-refractivity contribution in [3.8, 4) is 0 Å². The van der Waals surface area contributed by atoms with E-state index in [1.54, 1.807) is 0 Å². The Kier molecular flexibility index (Phi) is 4.76. The summed E-state index contributed by atoms with van der Waals surface area (Å²) < 4.78 is 9.32. The van der Waals surface area contributed by atoms with Crippen molar-refractivity contribution in [2.45, 2.75) is 20.0 Å². The van der Waals surface area contributed by atoms with Crippen LogP contribution in [0.25, 0.3) is 0 Å². The Balaban J connectivity index is 3.75. The molecule has 0 fully saturated rings. The van der Waals surface area contributed by atoms with Crippen molar-refractivity contribution in [2.75, 3.05) is 6.61 Å². The fourth-order valence-electron chi connectivity index (χ4n) is 0.563. The molecule has 4 nitrogen and oxygen atoms in total. The lowest BCUT2D eigenvalue weighted by Crippen LogP contribution is -2.21. The first-order chi connectivity index (χ1) is 5.56. The van der Waals surface area contributed by atoms with E-state index in [1.807, 2.05) is 0 Å². The van der Waals surface area contributed by atoms with E-state index in [1.165, 1.54) is 19.9 Å². The summed E-state index contributed by atoms with van der Waals surface area (Å²) in [4.78, 5) is 20.8. The second kappa shape index (κ2) is 5.35. The first kappa shape index (κ1) is 10.7. The number of esters is 2. The normalized spacial score (nSPS) is 11.5. The molecule has 0 rings (SSSR count). The molecule has 4 heteroatoms. The molecule has 0 heterocycles. The third kappa shape index (κ3) is 5.46. The molecule has 0 aliphatic rings. The molecule has 0 aliphatic carbocycles. The van der Waals surface area contributed by atoms with Gasteiger partial charge in [-0.1, -0.05) is 6.58 Å². The van der Waals surface area contributed by atoms with E-state index >= 15 is 0 Å². The molecule has 0 amide bonds. The summed E-state index contributed by atoms with van der Waals surface area (Å²) in [6.07, 6.45) is 0.857. The molecule has 0 saturated carbocycles. The molecule has 0 radical (unpaired) electrons. The maximum atomic E-state index is 10.4. The van der Waals surface area contributed by atoms with Gasteiger partial charge in [-0.15, -0.1) is 0 Å². The van der Waals surface area contributed by atoms with Crippen LogP contribution in [0.4, 0.5) is 0 Å². The van der Waals surface area contributed by atoms with Crippen molar-refractivity contribution in [1.29, 1.82) is 0 Å². The molecule has 0 N–H and O–H groups in total. The van der Waals surface area contributed by atoms with Gasteiger partial charge in [-0.05, 0) is 6.08 Å². The fourth-order valence-corrected chi connectivity index (χ4v) is 0.563. The Bertz CT molecular complexity index is 185. The molecule has 0 bridgehead atoms. The molecule has 0 unspecified atom stereocenters. The van der Waals surface area contributed by atoms with Crippen molar-refractivity contribution in [3.05, 3.63) is 12.7 Å². The Morgan fingerprint density at radius 1 is 1.42 bits per heavy atom. The fraction of sp³-hybridized carbons (Fsp3) is 0.500. The highest BCUT2D eigenvalue weighted by atomic mass is 16.6. The molecule has 1 atom stereocenters. The lowest BCUT2D eigenvalue weighted by atomic mass is 10.4. The predicted octanol–water partition coefficient (Wildman–Crippen LogP) is 0.667. The van der Waals surface area contributed by atoms with Crippen LogP contribution in [0, 0.1) is 0 Å². The van der Waals surface area contributed by atoms with Gasteiger partial charge >= 0.3 is 11.9 Å². The van der Waals surface area contributed by atoms with Gasteiger partial charge in [0.25, 0.3) is 0 Å². The van der Waals surface area contributed by atoms with E-state index in [-0.39, 0.29) is 6.61 Å². The van der Waals surface area contributed by atoms with E-state index in [4.69, 9.17) is 4.74 Å². The largest absolute Gasteiger partial charge is 0.462 e. The Labute approximate surface area is 71.2 Å². The number of carbonyl (C=O) groups is 2. The van der Waals surface area contributed by atoms with Gasteiger partial charge in [-0.25, -0.2) is 0 Å². The van der Waals surface area contributed by atoms with Gasteiger partial charge < -0.3 is 9.47 Å². The smallest absolute Gasteiger partial charge is 0.303 e. The van der Waals surface area contributed by atoms with E-state index in [2.05, 4.69) is 11.3 Å². The third-order valence-corrected chi connectivity index (χ3v) is 1.03. The van der Waals surface area contributed by atoms with Crippen LogP contribution in [0.3, 0.4) is 0 Å². The molecule has 0 aliphatic heterocycles. The van der Waals surface area contributed by atoms with Crippen molar-refractivity contribution < 1.29 is 19.1 Å². The average Bonchev–Trinajstić information content (AvgIpc) is 1.97. The second-order valence-electron chi connectivity index (χ2n) is 2.19. The summed E-state index contributed by atoms with van der Waals surface area (Å²) in [5.41, 5.74) is 0. The van der Waals surface area contributed by atoms with Crippen molar-refractivity contribution in [3.63, 3.8) is 0 Å². The zero-order valence-corrected chi connectivity index (χ0v) is 7.20. The molecular weight excluding hydrogens is 160 g/mol. The summed E-state index contributed by atoms with van der Waals surface area (Å²) in [6.45, 7) is 6.02. The maximum Gasteiger partial charge on any atom is 0.303 e. The minimum Gasteiger partial charge on any atom is -0.462 e. The quantitative estimate of drug-likeness (QED) is 0.462. The summed E-state index contributed by atoms with van der Waals surface area (Å²) in [6, 6.07) is 0. The van der Waals surface area contributed by atoms with E-state index < -0.39 is 18.0 Å². The van der Waals surface area contributed by atoms with E-state index in [9.17, 15) is 9.59 Å². The minimum absolute atomic E-state index is 0.0262. The number of ether oxygens (including phenoxy) is 2. The standard InChI is InChI=1S/C8H12O4/c1-4-8(12-7(3)10)5-11-6(2)9/h4,8H,1,5H2,2-3H3/t8-/m1/s1. The molecule has 68 valence electrons. The topological polar surface area (TPSA) is 52.6 Å². The molecule has 0 spiro atoms. The molecule has 0 saturated heterocycles. The van der Waals surface area contributed by atoms with Crippen LogP contribution in [0.1, 0.15) is 13.8 Å². The van der Waals surface area contributed by atoms with Crippen LogP contribution in [0.15, 0.2) is 12.7 Å². The minimum atomic E-state index is -0.550. The maximum absolute atomic E-state index is 10.4. The highest BCUT2D eigenvalue weighted by Crippen LogP contribution is 1.95. The van der Waals surface area contributed by atoms with Gasteiger partial charge in [-0.2, -0.15) is 0 Å². The van der Waals surface area contributed by atoms with E-state index in [0.717, 1.165) is 0 Å². The molecule has 0 aromatic rings. The molecule has 0 aromatic carbocycles.